The van der Waals surface area contributed by atoms with E-state index in [1.54, 1.807) is 4.90 Å². The van der Waals surface area contributed by atoms with Crippen molar-refractivity contribution in [3.8, 4) is 0 Å². The Labute approximate surface area is 160 Å². The van der Waals surface area contributed by atoms with Crippen molar-refractivity contribution < 1.29 is 14.6 Å². The van der Waals surface area contributed by atoms with Crippen molar-refractivity contribution in [3.05, 3.63) is 17.3 Å². The van der Waals surface area contributed by atoms with Crippen LogP contribution in [-0.2, 0) is 4.74 Å². The molecule has 1 aliphatic heterocycles. The maximum Gasteiger partial charge on any atom is 0.410 e. The number of nitrogens with one attached hydrogen (secondary N) is 1. The first-order valence-electron chi connectivity index (χ1n) is 8.79. The summed E-state index contributed by atoms with van der Waals surface area (Å²) >= 11 is 6.17. The monoisotopic (exact) mass is 384 g/mol. The zero-order valence-corrected chi connectivity index (χ0v) is 16.9. The molecular formula is C18H29ClN4O3. The molecule has 7 nitrogen and oxygen atoms in total. The van der Waals surface area contributed by atoms with Crippen LogP contribution >= 0.6 is 11.6 Å². The summed E-state index contributed by atoms with van der Waals surface area (Å²) < 4.78 is 5.43. The van der Waals surface area contributed by atoms with Gasteiger partial charge in [0.05, 0.1) is 12.1 Å². The molecule has 0 saturated carbocycles. The van der Waals surface area contributed by atoms with Gasteiger partial charge >= 0.3 is 6.09 Å². The number of hydrogen-bond donors (Lipinski definition) is 2. The normalized spacial score (nSPS) is 15.8. The highest BCUT2D eigenvalue weighted by Gasteiger charge is 2.26. The van der Waals surface area contributed by atoms with Crippen molar-refractivity contribution in [2.45, 2.75) is 45.8 Å². The number of hydrogen-bond acceptors (Lipinski definition) is 6. The van der Waals surface area contributed by atoms with E-state index in [1.165, 1.54) is 0 Å². The maximum absolute atomic E-state index is 12.2. The first-order chi connectivity index (χ1) is 12.0. The highest BCUT2D eigenvalue weighted by Crippen LogP contribution is 2.25. The number of carbonyl (C=O) groups is 1. The number of pyridine rings is 1. The number of aliphatic hydroxyl groups excluding tert-OH is 1. The van der Waals surface area contributed by atoms with Crippen LogP contribution in [0.5, 0.6) is 0 Å². The van der Waals surface area contributed by atoms with Crippen LogP contribution in [0.15, 0.2) is 12.1 Å². The molecule has 2 N–H and O–H groups in total. The molecule has 1 aromatic heterocycles. The Hall–Kier alpha value is -1.73. The average molecular weight is 385 g/mol. The number of ether oxygens (including phenoxy) is 1. The number of nitrogens with zero attached hydrogens (tertiary/aromatic N) is 3. The van der Waals surface area contributed by atoms with Gasteiger partial charge in [-0.25, -0.2) is 9.78 Å². The molecule has 146 valence electrons. The van der Waals surface area contributed by atoms with Crippen LogP contribution in [0, 0.1) is 0 Å². The predicted octanol–water partition coefficient (Wildman–Crippen LogP) is 2.97. The first-order valence-corrected chi connectivity index (χ1v) is 9.16. The van der Waals surface area contributed by atoms with Gasteiger partial charge in [-0.1, -0.05) is 11.6 Å². The van der Waals surface area contributed by atoms with Crippen molar-refractivity contribution in [2.75, 3.05) is 43.0 Å². The standard InChI is InChI=1S/C18H29ClN4O3/c1-17(2,3)26-16(25)23-8-6-22(7-9-23)13-10-14(19)20-15(11-13)21-18(4,5)12-24/h10-11,24H,6-9,12H2,1-5H3,(H,20,21). The fourth-order valence-corrected chi connectivity index (χ4v) is 2.79. The second-order valence-corrected chi connectivity index (χ2v) is 8.54. The third kappa shape index (κ3) is 5.92. The topological polar surface area (TPSA) is 77.9 Å². The Morgan fingerprint density at radius 3 is 2.38 bits per heavy atom. The van der Waals surface area contributed by atoms with E-state index in [0.717, 1.165) is 5.69 Å². The lowest BCUT2D eigenvalue weighted by Crippen LogP contribution is -2.50. The van der Waals surface area contributed by atoms with Crippen molar-refractivity contribution >= 4 is 29.2 Å². The molecular weight excluding hydrogens is 356 g/mol. The quantitative estimate of drug-likeness (QED) is 0.777. The molecule has 1 aromatic rings. The Morgan fingerprint density at radius 1 is 1.23 bits per heavy atom. The van der Waals surface area contributed by atoms with Gasteiger partial charge in [0, 0.05) is 37.9 Å². The van der Waals surface area contributed by atoms with Gasteiger partial charge in [-0.2, -0.15) is 0 Å². The Bertz CT molecular complexity index is 638. The van der Waals surface area contributed by atoms with Crippen LogP contribution in [0.25, 0.3) is 0 Å². The summed E-state index contributed by atoms with van der Waals surface area (Å²) in [6.45, 7) is 11.9. The highest BCUT2D eigenvalue weighted by atomic mass is 35.5. The molecule has 26 heavy (non-hydrogen) atoms. The SMILES string of the molecule is CC(C)(CO)Nc1cc(N2CCN(C(=O)OC(C)(C)C)CC2)cc(Cl)n1. The molecule has 0 bridgehead atoms. The molecule has 1 fully saturated rings. The maximum atomic E-state index is 12.2. The number of aromatic nitrogens is 1. The molecule has 0 aromatic carbocycles. The van der Waals surface area contributed by atoms with E-state index in [-0.39, 0.29) is 12.7 Å². The molecule has 2 heterocycles. The Morgan fingerprint density at radius 2 is 1.85 bits per heavy atom. The Kier molecular flexibility index (Phi) is 6.24. The summed E-state index contributed by atoms with van der Waals surface area (Å²) in [6, 6.07) is 3.72. The van der Waals surface area contributed by atoms with Crippen LogP contribution in [0.2, 0.25) is 5.15 Å². The molecule has 0 unspecified atom stereocenters. The molecule has 2 rings (SSSR count). The van der Waals surface area contributed by atoms with Crippen LogP contribution in [0.1, 0.15) is 34.6 Å². The lowest BCUT2D eigenvalue weighted by Gasteiger charge is -2.37. The lowest BCUT2D eigenvalue weighted by atomic mass is 10.1. The summed E-state index contributed by atoms with van der Waals surface area (Å²) in [5.74, 6) is 0.612. The largest absolute Gasteiger partial charge is 0.444 e. The predicted molar refractivity (Wildman–Crippen MR) is 104 cm³/mol. The first kappa shape index (κ1) is 20.6. The van der Waals surface area contributed by atoms with E-state index < -0.39 is 11.1 Å². The lowest BCUT2D eigenvalue weighted by molar-refractivity contribution is 0.0240. The number of rotatable bonds is 4. The minimum absolute atomic E-state index is 0.0227. The van der Waals surface area contributed by atoms with E-state index >= 15 is 0 Å². The molecule has 1 amide bonds. The van der Waals surface area contributed by atoms with Gasteiger partial charge in [0.25, 0.3) is 0 Å². The van der Waals surface area contributed by atoms with E-state index in [2.05, 4.69) is 15.2 Å². The zero-order chi connectivity index (χ0) is 19.5. The number of anilines is 2. The average Bonchev–Trinajstić information content (AvgIpc) is 2.52. The van der Waals surface area contributed by atoms with Gasteiger partial charge in [0.2, 0.25) is 0 Å². The number of carbonyl (C=O) groups excluding carboxylic acids is 1. The van der Waals surface area contributed by atoms with Crippen molar-refractivity contribution in [3.63, 3.8) is 0 Å². The third-order valence-corrected chi connectivity index (χ3v) is 4.13. The van der Waals surface area contributed by atoms with Gasteiger partial charge in [-0.05, 0) is 40.7 Å². The highest BCUT2D eigenvalue weighted by molar-refractivity contribution is 6.29. The fourth-order valence-electron chi connectivity index (χ4n) is 2.59. The minimum atomic E-state index is -0.496. The Balaban J connectivity index is 2.03. The number of halogens is 1. The second kappa shape index (κ2) is 7.88. The van der Waals surface area contributed by atoms with Gasteiger partial charge < -0.3 is 25.0 Å². The van der Waals surface area contributed by atoms with Crippen LogP contribution in [0.4, 0.5) is 16.3 Å². The van der Waals surface area contributed by atoms with E-state index in [1.807, 2.05) is 46.8 Å². The summed E-state index contributed by atoms with van der Waals surface area (Å²) in [5, 5.41) is 13.0. The molecule has 0 aliphatic carbocycles. The molecule has 8 heteroatoms. The van der Waals surface area contributed by atoms with E-state index in [0.29, 0.717) is 37.1 Å². The van der Waals surface area contributed by atoms with Crippen LogP contribution in [-0.4, -0.2) is 65.0 Å². The number of piperazine rings is 1. The molecule has 0 spiro atoms. The summed E-state index contributed by atoms with van der Waals surface area (Å²) in [5.41, 5.74) is -0.0535. The summed E-state index contributed by atoms with van der Waals surface area (Å²) in [4.78, 5) is 20.3. The van der Waals surface area contributed by atoms with Gasteiger partial charge in [-0.15, -0.1) is 0 Å². The molecule has 0 atom stereocenters. The van der Waals surface area contributed by atoms with Crippen molar-refractivity contribution in [1.82, 2.24) is 9.88 Å². The third-order valence-electron chi connectivity index (χ3n) is 3.94. The second-order valence-electron chi connectivity index (χ2n) is 8.15. The molecule has 1 saturated heterocycles. The smallest absolute Gasteiger partial charge is 0.410 e. The van der Waals surface area contributed by atoms with E-state index in [4.69, 9.17) is 16.3 Å². The molecule has 0 radical (unpaired) electrons. The zero-order valence-electron chi connectivity index (χ0n) is 16.2. The van der Waals surface area contributed by atoms with Gasteiger partial charge in [0.15, 0.2) is 0 Å². The van der Waals surface area contributed by atoms with Gasteiger partial charge in [0.1, 0.15) is 16.6 Å². The minimum Gasteiger partial charge on any atom is -0.444 e. The van der Waals surface area contributed by atoms with Crippen LogP contribution in [0.3, 0.4) is 0 Å². The van der Waals surface area contributed by atoms with E-state index in [9.17, 15) is 9.90 Å². The number of aliphatic hydroxyl groups is 1. The summed E-state index contributed by atoms with van der Waals surface area (Å²) in [6.07, 6.45) is -0.281. The van der Waals surface area contributed by atoms with Gasteiger partial charge in [-0.3, -0.25) is 0 Å². The fraction of sp³-hybridized carbons (Fsp3) is 0.667. The molecule has 1 aliphatic rings. The van der Waals surface area contributed by atoms with Crippen molar-refractivity contribution in [2.24, 2.45) is 0 Å². The van der Waals surface area contributed by atoms with Crippen LogP contribution < -0.4 is 10.2 Å². The summed E-state index contributed by atoms with van der Waals surface area (Å²) in [7, 11) is 0. The number of amides is 1. The van der Waals surface area contributed by atoms with Crippen molar-refractivity contribution in [1.29, 1.82) is 0 Å².